The van der Waals surface area contributed by atoms with Crippen LogP contribution in [0.15, 0.2) is 49.1 Å². The molecule has 0 atom stereocenters. The van der Waals surface area contributed by atoms with Crippen LogP contribution in [-0.2, 0) is 0 Å². The van der Waals surface area contributed by atoms with Crippen molar-refractivity contribution in [1.82, 2.24) is 14.4 Å². The van der Waals surface area contributed by atoms with E-state index in [-0.39, 0.29) is 0 Å². The highest BCUT2D eigenvalue weighted by atomic mass is 35.5. The average molecular weight is 230 g/mol. The first-order valence-corrected chi connectivity index (χ1v) is 5.25. The van der Waals surface area contributed by atoms with E-state index in [1.165, 1.54) is 0 Å². The number of imidazole rings is 1. The zero-order chi connectivity index (χ0) is 11.0. The summed E-state index contributed by atoms with van der Waals surface area (Å²) in [6.07, 6.45) is 7.37. The van der Waals surface area contributed by atoms with E-state index in [0.29, 0.717) is 5.15 Å². The second-order valence-electron chi connectivity index (χ2n) is 3.48. The molecule has 0 unspecified atom stereocenters. The van der Waals surface area contributed by atoms with Gasteiger partial charge >= 0.3 is 0 Å². The van der Waals surface area contributed by atoms with Crippen LogP contribution in [0.4, 0.5) is 0 Å². The Morgan fingerprint density at radius 1 is 0.938 bits per heavy atom. The molecule has 0 saturated heterocycles. The van der Waals surface area contributed by atoms with Crippen molar-refractivity contribution in [3.63, 3.8) is 0 Å². The van der Waals surface area contributed by atoms with Gasteiger partial charge in [0.25, 0.3) is 0 Å². The van der Waals surface area contributed by atoms with Crippen molar-refractivity contribution in [2.24, 2.45) is 0 Å². The molecule has 0 bridgehead atoms. The minimum absolute atomic E-state index is 0.501. The molecule has 78 valence electrons. The Labute approximate surface area is 97.3 Å². The van der Waals surface area contributed by atoms with Crippen molar-refractivity contribution >= 4 is 17.2 Å². The van der Waals surface area contributed by atoms with Gasteiger partial charge in [0, 0.05) is 24.8 Å². The van der Waals surface area contributed by atoms with E-state index in [1.54, 1.807) is 12.4 Å². The number of nitrogens with zero attached hydrogens (tertiary/aromatic N) is 3. The van der Waals surface area contributed by atoms with Gasteiger partial charge in [-0.1, -0.05) is 11.6 Å². The van der Waals surface area contributed by atoms with E-state index in [9.17, 15) is 0 Å². The summed E-state index contributed by atoms with van der Waals surface area (Å²) in [4.78, 5) is 8.20. The van der Waals surface area contributed by atoms with Gasteiger partial charge in [0.15, 0.2) is 0 Å². The highest BCUT2D eigenvalue weighted by molar-refractivity contribution is 6.29. The molecule has 3 aromatic rings. The molecule has 0 aromatic carbocycles. The number of halogens is 1. The van der Waals surface area contributed by atoms with Crippen molar-refractivity contribution in [1.29, 1.82) is 0 Å². The minimum atomic E-state index is 0.501. The Morgan fingerprint density at radius 3 is 2.69 bits per heavy atom. The van der Waals surface area contributed by atoms with Crippen molar-refractivity contribution in [3.05, 3.63) is 54.2 Å². The third-order valence-electron chi connectivity index (χ3n) is 2.46. The fraction of sp³-hybridized carbons (Fsp3) is 0. The zero-order valence-corrected chi connectivity index (χ0v) is 9.09. The third kappa shape index (κ3) is 1.55. The molecular weight excluding hydrogens is 222 g/mol. The number of fused-ring (bicyclic) bond motifs is 1. The fourth-order valence-electron chi connectivity index (χ4n) is 1.67. The van der Waals surface area contributed by atoms with Gasteiger partial charge in [-0.2, -0.15) is 0 Å². The fourth-order valence-corrected chi connectivity index (χ4v) is 1.85. The summed E-state index contributed by atoms with van der Waals surface area (Å²) in [5.41, 5.74) is 3.05. The molecular formula is C12H8ClN3. The highest BCUT2D eigenvalue weighted by Crippen LogP contribution is 2.21. The van der Waals surface area contributed by atoms with Gasteiger partial charge in [-0.05, 0) is 35.4 Å². The van der Waals surface area contributed by atoms with Gasteiger partial charge in [-0.25, -0.2) is 9.97 Å². The molecule has 3 nitrogen and oxygen atoms in total. The summed E-state index contributed by atoms with van der Waals surface area (Å²) in [6, 6.07) is 7.82. The molecule has 3 heterocycles. The first-order valence-electron chi connectivity index (χ1n) is 4.87. The summed E-state index contributed by atoms with van der Waals surface area (Å²) in [6.45, 7) is 0. The maximum absolute atomic E-state index is 5.86. The summed E-state index contributed by atoms with van der Waals surface area (Å²) >= 11 is 5.86. The minimum Gasteiger partial charge on any atom is -0.307 e. The van der Waals surface area contributed by atoms with Gasteiger partial charge in [0.2, 0.25) is 0 Å². The van der Waals surface area contributed by atoms with Gasteiger partial charge in [-0.3, -0.25) is 0 Å². The largest absolute Gasteiger partial charge is 0.307 e. The average Bonchev–Trinajstić information content (AvgIpc) is 2.75. The van der Waals surface area contributed by atoms with Crippen LogP contribution in [0.5, 0.6) is 0 Å². The van der Waals surface area contributed by atoms with Crippen molar-refractivity contribution < 1.29 is 0 Å². The SMILES string of the molecule is Clc1cc(-c2ccn3ccnc3c2)ccn1. The molecule has 0 radical (unpaired) electrons. The molecule has 0 aliphatic heterocycles. The lowest BCUT2D eigenvalue weighted by Crippen LogP contribution is -1.85. The van der Waals surface area contributed by atoms with E-state index in [0.717, 1.165) is 16.8 Å². The lowest BCUT2D eigenvalue weighted by Gasteiger charge is -2.02. The van der Waals surface area contributed by atoms with E-state index < -0.39 is 0 Å². The molecule has 0 spiro atoms. The predicted molar refractivity (Wildman–Crippen MR) is 63.4 cm³/mol. The Hall–Kier alpha value is -1.87. The molecule has 0 aliphatic carbocycles. The summed E-state index contributed by atoms with van der Waals surface area (Å²) < 4.78 is 1.96. The quantitative estimate of drug-likeness (QED) is 0.601. The van der Waals surface area contributed by atoms with Gasteiger partial charge < -0.3 is 4.40 Å². The topological polar surface area (TPSA) is 30.2 Å². The highest BCUT2D eigenvalue weighted by Gasteiger charge is 2.01. The maximum Gasteiger partial charge on any atom is 0.137 e. The molecule has 0 fully saturated rings. The molecule has 16 heavy (non-hydrogen) atoms. The number of hydrogen-bond donors (Lipinski definition) is 0. The summed E-state index contributed by atoms with van der Waals surface area (Å²) in [7, 11) is 0. The first kappa shape index (κ1) is 9.36. The van der Waals surface area contributed by atoms with Crippen LogP contribution < -0.4 is 0 Å². The number of pyridine rings is 2. The van der Waals surface area contributed by atoms with E-state index in [2.05, 4.69) is 9.97 Å². The molecule has 0 saturated carbocycles. The zero-order valence-electron chi connectivity index (χ0n) is 8.34. The monoisotopic (exact) mass is 229 g/mol. The lowest BCUT2D eigenvalue weighted by atomic mass is 10.1. The molecule has 4 heteroatoms. The molecule has 0 amide bonds. The Balaban J connectivity index is 2.18. The lowest BCUT2D eigenvalue weighted by molar-refractivity contribution is 1.19. The predicted octanol–water partition coefficient (Wildman–Crippen LogP) is 3.05. The van der Waals surface area contributed by atoms with Crippen LogP contribution >= 0.6 is 11.6 Å². The number of rotatable bonds is 1. The molecule has 3 rings (SSSR count). The standard InChI is InChI=1S/C12H8ClN3/c13-11-7-9(1-3-14-11)10-2-5-16-6-4-15-12(16)8-10/h1-8H. The molecule has 0 aliphatic rings. The maximum atomic E-state index is 5.86. The van der Waals surface area contributed by atoms with E-state index in [1.807, 2.05) is 41.1 Å². The van der Waals surface area contributed by atoms with Crippen molar-refractivity contribution in [2.45, 2.75) is 0 Å². The molecule has 3 aromatic heterocycles. The Kier molecular flexibility index (Phi) is 2.11. The van der Waals surface area contributed by atoms with Crippen LogP contribution in [0.2, 0.25) is 5.15 Å². The molecule has 0 N–H and O–H groups in total. The van der Waals surface area contributed by atoms with Crippen molar-refractivity contribution in [2.75, 3.05) is 0 Å². The van der Waals surface area contributed by atoms with Crippen LogP contribution in [0.3, 0.4) is 0 Å². The normalized spacial score (nSPS) is 10.8. The van der Waals surface area contributed by atoms with Gasteiger partial charge in [-0.15, -0.1) is 0 Å². The van der Waals surface area contributed by atoms with Crippen molar-refractivity contribution in [3.8, 4) is 11.1 Å². The Morgan fingerprint density at radius 2 is 1.81 bits per heavy atom. The van der Waals surface area contributed by atoms with E-state index >= 15 is 0 Å². The van der Waals surface area contributed by atoms with Crippen LogP contribution in [0.1, 0.15) is 0 Å². The summed E-state index contributed by atoms with van der Waals surface area (Å²) in [5, 5.41) is 0.501. The smallest absolute Gasteiger partial charge is 0.137 e. The van der Waals surface area contributed by atoms with Crippen LogP contribution in [0, 0.1) is 0 Å². The van der Waals surface area contributed by atoms with Gasteiger partial charge in [0.05, 0.1) is 0 Å². The second-order valence-corrected chi connectivity index (χ2v) is 3.86. The second kappa shape index (κ2) is 3.61. The van der Waals surface area contributed by atoms with E-state index in [4.69, 9.17) is 11.6 Å². The van der Waals surface area contributed by atoms with Crippen LogP contribution in [0.25, 0.3) is 16.8 Å². The third-order valence-corrected chi connectivity index (χ3v) is 2.66. The van der Waals surface area contributed by atoms with Gasteiger partial charge in [0.1, 0.15) is 10.8 Å². The Bertz CT molecular complexity index is 645. The summed E-state index contributed by atoms with van der Waals surface area (Å²) in [5.74, 6) is 0. The number of hydrogen-bond acceptors (Lipinski definition) is 2. The first-order chi connectivity index (χ1) is 7.83. The van der Waals surface area contributed by atoms with Crippen LogP contribution in [-0.4, -0.2) is 14.4 Å². The number of aromatic nitrogens is 3.